The molecule has 29 heavy (non-hydrogen) atoms. The zero-order chi connectivity index (χ0) is 21.1. The number of hydrogen-bond acceptors (Lipinski definition) is 6. The summed E-state index contributed by atoms with van der Waals surface area (Å²) in [5.41, 5.74) is 2.05. The Balaban J connectivity index is 2.05. The second-order valence-corrected chi connectivity index (χ2v) is 6.23. The van der Waals surface area contributed by atoms with Crippen molar-refractivity contribution in [1.29, 1.82) is 0 Å². The molecule has 9 heteroatoms. The fourth-order valence-corrected chi connectivity index (χ4v) is 2.97. The third-order valence-corrected chi connectivity index (χ3v) is 4.35. The summed E-state index contributed by atoms with van der Waals surface area (Å²) in [5.74, 6) is -0.522. The van der Waals surface area contributed by atoms with Crippen LogP contribution in [-0.4, -0.2) is 33.5 Å². The van der Waals surface area contributed by atoms with Gasteiger partial charge in [-0.1, -0.05) is 12.1 Å². The van der Waals surface area contributed by atoms with Gasteiger partial charge in [-0.05, 0) is 38.1 Å². The molecule has 0 aliphatic heterocycles. The largest absolute Gasteiger partial charge is 0.465 e. The van der Waals surface area contributed by atoms with E-state index in [1.807, 2.05) is 0 Å². The first kappa shape index (κ1) is 19.7. The lowest BCUT2D eigenvalue weighted by Gasteiger charge is -2.04. The Morgan fingerprint density at radius 1 is 1.17 bits per heavy atom. The number of methoxy groups -OCH3 is 1. The van der Waals surface area contributed by atoms with Gasteiger partial charge < -0.3 is 4.74 Å². The topological polar surface area (TPSA) is 120 Å². The Morgan fingerprint density at radius 3 is 2.45 bits per heavy atom. The molecule has 1 heterocycles. The number of esters is 1. The second-order valence-electron chi connectivity index (χ2n) is 6.23. The number of non-ortho nitro benzene ring substituents is 1. The molecule has 0 radical (unpaired) electrons. The van der Waals surface area contributed by atoms with Crippen molar-refractivity contribution in [2.75, 3.05) is 7.11 Å². The third-order valence-electron chi connectivity index (χ3n) is 4.35. The number of nitro benzene ring substituents is 1. The molecule has 1 N–H and O–H groups in total. The molecule has 0 atom stereocenters. The van der Waals surface area contributed by atoms with E-state index in [2.05, 4.69) is 10.1 Å². The first-order chi connectivity index (χ1) is 13.8. The first-order valence-electron chi connectivity index (χ1n) is 8.63. The number of para-hydroxylation sites is 1. The van der Waals surface area contributed by atoms with Gasteiger partial charge in [0.05, 0.1) is 40.2 Å². The molecule has 9 nitrogen and oxygen atoms in total. The van der Waals surface area contributed by atoms with E-state index in [-0.39, 0.29) is 11.2 Å². The number of nitrogens with zero attached hydrogens (tertiary/aromatic N) is 3. The number of H-pyrrole nitrogens is 1. The highest BCUT2D eigenvalue weighted by atomic mass is 16.6. The fourth-order valence-electron chi connectivity index (χ4n) is 2.97. The van der Waals surface area contributed by atoms with E-state index in [0.717, 1.165) is 0 Å². The van der Waals surface area contributed by atoms with Crippen LogP contribution in [0.15, 0.2) is 58.3 Å². The highest BCUT2D eigenvalue weighted by molar-refractivity contribution is 6.03. The van der Waals surface area contributed by atoms with Crippen molar-refractivity contribution in [2.24, 2.45) is 4.99 Å². The van der Waals surface area contributed by atoms with E-state index in [1.165, 1.54) is 36.1 Å². The smallest absolute Gasteiger partial charge is 0.340 e. The zero-order valence-corrected chi connectivity index (χ0v) is 16.0. The molecule has 0 spiro atoms. The van der Waals surface area contributed by atoms with Crippen LogP contribution in [-0.2, 0) is 4.74 Å². The van der Waals surface area contributed by atoms with Crippen LogP contribution in [0.3, 0.4) is 0 Å². The summed E-state index contributed by atoms with van der Waals surface area (Å²) < 4.78 is 6.06. The number of carbonyl (C=O) groups excluding carboxylic acids is 1. The zero-order valence-electron chi connectivity index (χ0n) is 16.0. The molecule has 0 unspecified atom stereocenters. The maximum Gasteiger partial charge on any atom is 0.340 e. The van der Waals surface area contributed by atoms with Gasteiger partial charge in [-0.15, -0.1) is 0 Å². The molecule has 1 aromatic heterocycles. The Hall–Kier alpha value is -4.01. The summed E-state index contributed by atoms with van der Waals surface area (Å²) in [6.45, 7) is 3.40. The average Bonchev–Trinajstić information content (AvgIpc) is 3.02. The van der Waals surface area contributed by atoms with Gasteiger partial charge in [0, 0.05) is 17.8 Å². The number of aromatic amines is 1. The van der Waals surface area contributed by atoms with Crippen LogP contribution in [0.2, 0.25) is 0 Å². The normalized spacial score (nSPS) is 11.3. The Kier molecular flexibility index (Phi) is 5.40. The Morgan fingerprint density at radius 2 is 1.83 bits per heavy atom. The van der Waals surface area contributed by atoms with E-state index in [1.54, 1.807) is 38.1 Å². The van der Waals surface area contributed by atoms with Gasteiger partial charge in [0.1, 0.15) is 0 Å². The number of nitro groups is 1. The minimum absolute atomic E-state index is 0.0672. The SMILES string of the molecule is COC(=O)c1ccccc1N=C(C)c1c(C)[nH]n(-c2ccc([N+](=O)[O-])cc2)c1=O. The van der Waals surface area contributed by atoms with E-state index >= 15 is 0 Å². The number of aliphatic imine (C=N–C) groups is 1. The molecule has 0 saturated heterocycles. The van der Waals surface area contributed by atoms with Crippen molar-refractivity contribution in [2.45, 2.75) is 13.8 Å². The Bertz CT molecular complexity index is 1170. The lowest BCUT2D eigenvalue weighted by atomic mass is 10.1. The molecular formula is C20H18N4O5. The number of ether oxygens (including phenoxy) is 1. The van der Waals surface area contributed by atoms with E-state index < -0.39 is 10.9 Å². The van der Waals surface area contributed by atoms with Crippen molar-refractivity contribution < 1.29 is 14.5 Å². The fraction of sp³-hybridized carbons (Fsp3) is 0.150. The van der Waals surface area contributed by atoms with E-state index in [9.17, 15) is 19.7 Å². The molecule has 0 amide bonds. The standard InChI is InChI=1S/C20H18N4O5/c1-12(21-17-7-5-4-6-16(17)20(26)29-3)18-13(2)22-23(19(18)25)14-8-10-15(11-9-14)24(27)28/h4-11,22H,1-3H3. The van der Waals surface area contributed by atoms with Crippen LogP contribution in [0.5, 0.6) is 0 Å². The van der Waals surface area contributed by atoms with E-state index in [4.69, 9.17) is 4.74 Å². The van der Waals surface area contributed by atoms with Crippen LogP contribution in [0.1, 0.15) is 28.5 Å². The first-order valence-corrected chi connectivity index (χ1v) is 8.63. The number of carbonyl (C=O) groups is 1. The van der Waals surface area contributed by atoms with Gasteiger partial charge in [0.25, 0.3) is 11.2 Å². The van der Waals surface area contributed by atoms with Crippen molar-refractivity contribution in [3.63, 3.8) is 0 Å². The number of benzene rings is 2. The van der Waals surface area contributed by atoms with Crippen LogP contribution < -0.4 is 5.56 Å². The predicted octanol–water partition coefficient (Wildman–Crippen LogP) is 3.31. The minimum Gasteiger partial charge on any atom is -0.465 e. The molecule has 3 rings (SSSR count). The van der Waals surface area contributed by atoms with Gasteiger partial charge in [0.15, 0.2) is 0 Å². The molecule has 3 aromatic rings. The molecule has 0 aliphatic carbocycles. The van der Waals surface area contributed by atoms with Crippen molar-refractivity contribution in [3.05, 3.63) is 85.8 Å². The minimum atomic E-state index is -0.522. The number of aryl methyl sites for hydroxylation is 1. The summed E-state index contributed by atoms with van der Waals surface area (Å²) in [7, 11) is 1.29. The average molecular weight is 394 g/mol. The monoisotopic (exact) mass is 394 g/mol. The molecule has 0 bridgehead atoms. The van der Waals surface area contributed by atoms with Gasteiger partial charge in [-0.25, -0.2) is 9.48 Å². The summed E-state index contributed by atoms with van der Waals surface area (Å²) in [6.07, 6.45) is 0. The second kappa shape index (κ2) is 7.93. The van der Waals surface area contributed by atoms with Crippen LogP contribution in [0.4, 0.5) is 11.4 Å². The summed E-state index contributed by atoms with van der Waals surface area (Å²) >= 11 is 0. The maximum atomic E-state index is 12.9. The molecule has 2 aromatic carbocycles. The molecular weight excluding hydrogens is 376 g/mol. The Labute approximate surface area is 165 Å². The molecule has 0 aliphatic rings. The molecule has 0 fully saturated rings. The molecule has 0 saturated carbocycles. The number of aromatic nitrogens is 2. The van der Waals surface area contributed by atoms with E-state index in [0.29, 0.717) is 33.9 Å². The van der Waals surface area contributed by atoms with Crippen molar-refractivity contribution >= 4 is 23.1 Å². The third kappa shape index (κ3) is 3.84. The van der Waals surface area contributed by atoms with Crippen LogP contribution in [0.25, 0.3) is 5.69 Å². The maximum absolute atomic E-state index is 12.9. The quantitative estimate of drug-likeness (QED) is 0.308. The van der Waals surface area contributed by atoms with Crippen molar-refractivity contribution in [3.8, 4) is 5.69 Å². The van der Waals surface area contributed by atoms with Crippen LogP contribution in [0, 0.1) is 17.0 Å². The highest BCUT2D eigenvalue weighted by Gasteiger charge is 2.17. The van der Waals surface area contributed by atoms with Crippen molar-refractivity contribution in [1.82, 2.24) is 9.78 Å². The summed E-state index contributed by atoms with van der Waals surface area (Å²) in [5, 5.41) is 13.8. The lowest BCUT2D eigenvalue weighted by molar-refractivity contribution is -0.384. The van der Waals surface area contributed by atoms with Gasteiger partial charge in [0.2, 0.25) is 0 Å². The summed E-state index contributed by atoms with van der Waals surface area (Å²) in [6, 6.07) is 12.3. The predicted molar refractivity (Wildman–Crippen MR) is 107 cm³/mol. The summed E-state index contributed by atoms with van der Waals surface area (Å²) in [4.78, 5) is 39.6. The number of rotatable bonds is 5. The van der Waals surface area contributed by atoms with Gasteiger partial charge in [-0.2, -0.15) is 0 Å². The number of nitrogens with one attached hydrogen (secondary N) is 1. The number of hydrogen-bond donors (Lipinski definition) is 1. The van der Waals surface area contributed by atoms with Gasteiger partial charge >= 0.3 is 5.97 Å². The highest BCUT2D eigenvalue weighted by Crippen LogP contribution is 2.21. The van der Waals surface area contributed by atoms with Gasteiger partial charge in [-0.3, -0.25) is 25.0 Å². The lowest BCUT2D eigenvalue weighted by Crippen LogP contribution is -2.19. The van der Waals surface area contributed by atoms with Crippen LogP contribution >= 0.6 is 0 Å². The molecule has 148 valence electrons.